The molecular weight excluding hydrogens is 2050 g/mol. The van der Waals surface area contributed by atoms with Gasteiger partial charge in [-0.05, 0) is 257 Å². The van der Waals surface area contributed by atoms with Crippen molar-refractivity contribution in [2.45, 2.75) is 177 Å². The molecule has 144 heavy (non-hydrogen) atoms. The van der Waals surface area contributed by atoms with E-state index in [0.717, 1.165) is 74.4 Å². The van der Waals surface area contributed by atoms with Gasteiger partial charge in [0, 0.05) is 42.1 Å². The molecule has 1 saturated carbocycles. The van der Waals surface area contributed by atoms with Crippen molar-refractivity contribution in [1.29, 1.82) is 0 Å². The highest BCUT2D eigenvalue weighted by Gasteiger charge is 2.37. The Morgan fingerprint density at radius 1 is 0.354 bits per heavy atom. The molecule has 2 fully saturated rings. The third kappa shape index (κ3) is 26.5. The van der Waals surface area contributed by atoms with Crippen LogP contribution >= 0.6 is 35.3 Å². The first-order valence-electron chi connectivity index (χ1n) is 44.5. The molecule has 34 heteroatoms. The van der Waals surface area contributed by atoms with Crippen LogP contribution in [-0.2, 0) is 69.5 Å². The van der Waals surface area contributed by atoms with E-state index in [4.69, 9.17) is 4.74 Å². The SMILES string of the molecule is CCc1cccc2cccc(Sc3c(F)c(F)c(S(=O)(=O)[O-])c(F)c3F)c12.COc1ccc(-c2ccc(Sc3c(F)c(F)c(S(=O)(=O)[O-])c(F)c3F)cc2)cc1.Cc1ccc([S+](c2ccc(C)cc2)c2c(C)cc(C)cc2C)cc1.Fc1ccc([S+](c2ccc(F)cc2)c2ccc(F)cc2)cc1.O=S(=O)([O-])c1c(F)c(F)c(Sc2ccccc2C2CCCCC2)c(F)c1F.c1ccc2c([S+]3CCCC3)cccc2c1. The second-order valence-electron chi connectivity index (χ2n) is 33.1. The fourth-order valence-electron chi connectivity index (χ4n) is 16.3. The van der Waals surface area contributed by atoms with Crippen LogP contribution < -0.4 is 4.74 Å². The van der Waals surface area contributed by atoms with Crippen molar-refractivity contribution in [3.63, 3.8) is 0 Å². The second-order valence-corrected chi connectivity index (χ2v) is 46.4. The summed E-state index contributed by atoms with van der Waals surface area (Å²) in [6, 6.07) is 87.2. The standard InChI is InChI=1S/C23H25S.C19H12F4O4S2.C18H12F4O3S2.C18H16F4O3S2.C18H12F3S.C14H15S/c1-16-6-10-21(11-7-16)24(22-12-8-17(2)9-13-22)23-19(4)14-18(3)15-20(23)5;1-27-12-6-2-10(3-7-12)11-4-8-13(9-5-11)28-18-14(20)16(22)19(29(24,25)26)17(23)15(18)21;1-2-9-5-3-6-10-7-4-8-11(12(9)10)26-17-13(19)15(21)18(27(23,24)25)16(22)14(17)20;19-13-15(21)18(27(23,24)25)16(22)14(20)17(13)26-12-9-5-4-8-11(12)10-6-2-1-3-7-10;19-13-1-7-16(8-2-13)22(17-9-3-14(20)4-10-17)18-11-5-15(21)6-12-18;1-2-8-13-12(6-1)7-5-9-14(13)15-10-3-4-11-15/h6-15H,1-5H3;2-9H,1H3,(H,24,25,26);3-8H,2H2,1H3,(H,23,24,25);4-5,8-10H,1-3,6-7H2,(H,23,24,25);1-12H;1-2,5-9H,3-4,10-11H2/q+1;;;;2*+1/p-3. The fourth-order valence-corrected chi connectivity index (χ4v) is 28.0. The van der Waals surface area contributed by atoms with Crippen LogP contribution in [0.1, 0.15) is 96.7 Å². The van der Waals surface area contributed by atoms with Gasteiger partial charge in [0.15, 0.2) is 104 Å². The summed E-state index contributed by atoms with van der Waals surface area (Å²) >= 11 is 1.25. The molecule has 0 bridgehead atoms. The zero-order valence-electron chi connectivity index (χ0n) is 77.7. The molecule has 1 saturated heterocycles. The first kappa shape index (κ1) is 110. The third-order valence-corrected chi connectivity index (χ3v) is 36.3. The molecule has 0 aromatic heterocycles. The van der Waals surface area contributed by atoms with Crippen molar-refractivity contribution in [2.75, 3.05) is 18.6 Å². The van der Waals surface area contributed by atoms with Crippen molar-refractivity contribution < 1.29 is 110 Å². The average molecular weight is 2140 g/mol. The molecule has 16 aromatic rings. The van der Waals surface area contributed by atoms with E-state index < -0.39 is 140 Å². The summed E-state index contributed by atoms with van der Waals surface area (Å²) in [6.07, 6.45) is 8.40. The van der Waals surface area contributed by atoms with E-state index in [1.165, 1.54) is 139 Å². The Bertz CT molecular complexity index is 7410. The summed E-state index contributed by atoms with van der Waals surface area (Å²) in [7, 11) is -15.7. The highest BCUT2D eigenvalue weighted by atomic mass is 32.2. The minimum absolute atomic E-state index is 0.0626. The number of halogens is 15. The van der Waals surface area contributed by atoms with Crippen molar-refractivity contribution in [2.24, 2.45) is 0 Å². The highest BCUT2D eigenvalue weighted by Crippen LogP contribution is 2.47. The normalized spacial score (nSPS) is 12.9. The molecule has 2 aliphatic rings. The van der Waals surface area contributed by atoms with Gasteiger partial charge in [0.2, 0.25) is 0 Å². The molecule has 748 valence electrons. The molecule has 1 aliphatic carbocycles. The van der Waals surface area contributed by atoms with E-state index >= 15 is 0 Å². The molecule has 0 radical (unpaired) electrons. The maximum absolute atomic E-state index is 14.3. The molecule has 0 spiro atoms. The van der Waals surface area contributed by atoms with Crippen LogP contribution in [0.25, 0.3) is 32.7 Å². The Labute approximate surface area is 846 Å². The van der Waals surface area contributed by atoms with E-state index in [2.05, 4.69) is 138 Å². The molecule has 10 nitrogen and oxygen atoms in total. The predicted octanol–water partition coefficient (Wildman–Crippen LogP) is 30.5. The fraction of sp³-hybridized carbons (Fsp3) is 0.164. The van der Waals surface area contributed by atoms with Crippen molar-refractivity contribution in [1.82, 2.24) is 0 Å². The number of hydrogen-bond acceptors (Lipinski definition) is 13. The average Bonchev–Trinajstić information content (AvgIpc) is 0.769. The molecule has 0 atom stereocenters. The smallest absolute Gasteiger partial charge is 0.180 e. The monoisotopic (exact) mass is 2140 g/mol. The quantitative estimate of drug-likeness (QED) is 0.0305. The maximum atomic E-state index is 14.3. The number of ether oxygens (including phenoxy) is 1. The van der Waals surface area contributed by atoms with Gasteiger partial charge in [-0.3, -0.25) is 0 Å². The van der Waals surface area contributed by atoms with E-state index in [0.29, 0.717) is 73.5 Å². The van der Waals surface area contributed by atoms with E-state index in [1.54, 1.807) is 120 Å². The summed E-state index contributed by atoms with van der Waals surface area (Å²) in [5.41, 5.74) is 10.0. The van der Waals surface area contributed by atoms with Gasteiger partial charge in [-0.2, -0.15) is 0 Å². The van der Waals surface area contributed by atoms with E-state index in [1.807, 2.05) is 19.1 Å². The van der Waals surface area contributed by atoms with Gasteiger partial charge < -0.3 is 18.4 Å². The van der Waals surface area contributed by atoms with Gasteiger partial charge >= 0.3 is 0 Å². The lowest BCUT2D eigenvalue weighted by Crippen LogP contribution is -2.11. The lowest BCUT2D eigenvalue weighted by atomic mass is 9.84. The van der Waals surface area contributed by atoms with E-state index in [-0.39, 0.29) is 39.2 Å². The Hall–Kier alpha value is -11.4. The number of methoxy groups -OCH3 is 1. The van der Waals surface area contributed by atoms with Gasteiger partial charge in [0.1, 0.15) is 79.7 Å². The topological polar surface area (TPSA) is 181 Å². The van der Waals surface area contributed by atoms with Gasteiger partial charge in [-0.1, -0.05) is 218 Å². The van der Waals surface area contributed by atoms with Crippen LogP contribution in [0.3, 0.4) is 0 Å². The number of hydrogen-bond donors (Lipinski definition) is 0. The molecule has 1 heterocycles. The molecule has 0 amide bonds. The Kier molecular flexibility index (Phi) is 37.2. The summed E-state index contributed by atoms with van der Waals surface area (Å²) in [5.74, 6) is -22.2. The van der Waals surface area contributed by atoms with Gasteiger partial charge in [0.25, 0.3) is 0 Å². The van der Waals surface area contributed by atoms with Crippen LogP contribution in [0.15, 0.2) is 363 Å². The number of aryl methyl sites for hydroxylation is 6. The van der Waals surface area contributed by atoms with Crippen LogP contribution in [0.5, 0.6) is 5.75 Å². The molecule has 16 aromatic carbocycles. The third-order valence-electron chi connectivity index (χ3n) is 23.1. The predicted molar refractivity (Wildman–Crippen MR) is 534 cm³/mol. The summed E-state index contributed by atoms with van der Waals surface area (Å²) in [6.45, 7) is 12.9. The minimum Gasteiger partial charge on any atom is -0.744 e. The number of fused-ring (bicyclic) bond motifs is 2. The largest absolute Gasteiger partial charge is 0.744 e. The van der Waals surface area contributed by atoms with Crippen molar-refractivity contribution in [3.8, 4) is 16.9 Å². The molecular formula is C110H89F15O10S9. The number of benzene rings is 16. The molecule has 0 unspecified atom stereocenters. The summed E-state index contributed by atoms with van der Waals surface area (Å²) in [4.78, 5) is -0.129. The molecule has 18 rings (SSSR count). The number of rotatable bonds is 20. The summed E-state index contributed by atoms with van der Waals surface area (Å²) in [5, 5.41) is 4.30. The highest BCUT2D eigenvalue weighted by molar-refractivity contribution is 8.00. The van der Waals surface area contributed by atoms with Gasteiger partial charge in [-0.25, -0.2) is 91.1 Å². The van der Waals surface area contributed by atoms with E-state index in [9.17, 15) is 105 Å². The minimum atomic E-state index is -5.74. The lowest BCUT2D eigenvalue weighted by molar-refractivity contribution is 0.380. The Balaban J connectivity index is 0.000000146. The first-order valence-corrected chi connectivity index (χ1v) is 55.2. The second kappa shape index (κ2) is 48.8. The zero-order valence-corrected chi connectivity index (χ0v) is 85.1. The van der Waals surface area contributed by atoms with Crippen LogP contribution in [0.2, 0.25) is 0 Å². The van der Waals surface area contributed by atoms with Crippen LogP contribution in [0.4, 0.5) is 65.9 Å². The molecule has 0 N–H and O–H groups in total. The zero-order chi connectivity index (χ0) is 104. The lowest BCUT2D eigenvalue weighted by Gasteiger charge is -2.24. The van der Waals surface area contributed by atoms with Gasteiger partial charge in [-0.15, -0.1) is 0 Å². The first-order chi connectivity index (χ1) is 68.5. The maximum Gasteiger partial charge on any atom is 0.180 e. The van der Waals surface area contributed by atoms with Crippen LogP contribution in [0, 0.1) is 122 Å². The Morgan fingerprint density at radius 2 is 0.708 bits per heavy atom. The van der Waals surface area contributed by atoms with Crippen molar-refractivity contribution >= 4 is 120 Å². The summed E-state index contributed by atoms with van der Waals surface area (Å²) < 4.78 is 312. The molecule has 1 aliphatic heterocycles. The van der Waals surface area contributed by atoms with Crippen LogP contribution in [-0.4, -0.2) is 57.5 Å². The Morgan fingerprint density at radius 3 is 1.13 bits per heavy atom. The van der Waals surface area contributed by atoms with Crippen molar-refractivity contribution in [3.05, 3.63) is 411 Å². The van der Waals surface area contributed by atoms with Gasteiger partial charge in [0.05, 0.1) is 43.6 Å².